The van der Waals surface area contributed by atoms with E-state index in [1.54, 1.807) is 7.11 Å². The van der Waals surface area contributed by atoms with Crippen LogP contribution in [0.25, 0.3) is 17.1 Å². The average Bonchev–Trinajstić information content (AvgIpc) is 3.51. The number of ether oxygens (including phenoxy) is 2. The lowest BCUT2D eigenvalue weighted by atomic mass is 10.1. The first-order valence-corrected chi connectivity index (χ1v) is 13.4. The Morgan fingerprint density at radius 2 is 1.82 bits per heavy atom. The first-order valence-electron chi connectivity index (χ1n) is 13.4. The minimum absolute atomic E-state index is 0.0888. The van der Waals surface area contributed by atoms with E-state index in [9.17, 15) is 4.79 Å². The van der Waals surface area contributed by atoms with Crippen LogP contribution in [0.3, 0.4) is 0 Å². The molecule has 6 heteroatoms. The fourth-order valence-electron chi connectivity index (χ4n) is 5.22. The highest BCUT2D eigenvalue weighted by molar-refractivity contribution is 5.81. The van der Waals surface area contributed by atoms with Gasteiger partial charge in [0, 0.05) is 32.0 Å². The number of likely N-dealkylation sites (tertiary alicyclic amines) is 1. The molecule has 1 amide bonds. The molecule has 1 atom stereocenters. The lowest BCUT2D eigenvalue weighted by Gasteiger charge is -2.17. The Labute approximate surface area is 224 Å². The summed E-state index contributed by atoms with van der Waals surface area (Å²) in [7, 11) is 1.66. The molecule has 0 bridgehead atoms. The number of benzene rings is 3. The number of carbonyl (C=O) groups excluding carboxylic acids is 1. The minimum Gasteiger partial charge on any atom is -0.493 e. The summed E-state index contributed by atoms with van der Waals surface area (Å²) >= 11 is 0. The van der Waals surface area contributed by atoms with Crippen molar-refractivity contribution in [1.29, 1.82) is 0 Å². The van der Waals surface area contributed by atoms with E-state index in [1.807, 2.05) is 78.6 Å². The number of hydrogen-bond acceptors (Lipinski definition) is 4. The molecular formula is C32H35N3O3. The van der Waals surface area contributed by atoms with Gasteiger partial charge in [0.15, 0.2) is 11.5 Å². The van der Waals surface area contributed by atoms with Crippen LogP contribution in [0.2, 0.25) is 0 Å². The van der Waals surface area contributed by atoms with Gasteiger partial charge in [0.05, 0.1) is 24.8 Å². The predicted molar refractivity (Wildman–Crippen MR) is 152 cm³/mol. The van der Waals surface area contributed by atoms with Gasteiger partial charge in [0.25, 0.3) is 0 Å². The number of fused-ring (bicyclic) bond motifs is 1. The number of carbonyl (C=O) groups is 1. The number of para-hydroxylation sites is 2. The number of rotatable bonds is 11. The van der Waals surface area contributed by atoms with Gasteiger partial charge < -0.3 is 18.9 Å². The van der Waals surface area contributed by atoms with Crippen LogP contribution in [0.1, 0.15) is 42.6 Å². The molecule has 196 valence electrons. The molecule has 1 aromatic heterocycles. The Morgan fingerprint density at radius 3 is 2.63 bits per heavy atom. The van der Waals surface area contributed by atoms with Gasteiger partial charge in [-0.25, -0.2) is 4.98 Å². The van der Waals surface area contributed by atoms with Crippen molar-refractivity contribution in [3.05, 3.63) is 95.8 Å². The van der Waals surface area contributed by atoms with Crippen LogP contribution in [0.4, 0.5) is 0 Å². The summed E-state index contributed by atoms with van der Waals surface area (Å²) in [4.78, 5) is 19.9. The SMILES string of the molecule is C/C=C/c1ccc(OCCCn2c(C3CC(=O)N(CCc4ccccc4)C3)nc3ccccc32)c(OC)c1. The Morgan fingerprint density at radius 1 is 1.00 bits per heavy atom. The van der Waals surface area contributed by atoms with Gasteiger partial charge in [-0.3, -0.25) is 4.79 Å². The number of aromatic nitrogens is 2. The first-order chi connectivity index (χ1) is 18.7. The van der Waals surface area contributed by atoms with E-state index in [0.29, 0.717) is 19.6 Å². The maximum atomic E-state index is 12.9. The summed E-state index contributed by atoms with van der Waals surface area (Å²) in [6.07, 6.45) is 6.22. The van der Waals surface area contributed by atoms with Crippen molar-refractivity contribution < 1.29 is 14.3 Å². The highest BCUT2D eigenvalue weighted by atomic mass is 16.5. The van der Waals surface area contributed by atoms with Gasteiger partial charge in [-0.2, -0.15) is 0 Å². The lowest BCUT2D eigenvalue weighted by Crippen LogP contribution is -2.27. The number of hydrogen-bond donors (Lipinski definition) is 0. The van der Waals surface area contributed by atoms with Crippen molar-refractivity contribution in [1.82, 2.24) is 14.5 Å². The molecule has 1 aliphatic heterocycles. The standard InChI is InChI=1S/C32H35N3O3/c1-3-10-25-15-16-29(30(21-25)37-2)38-20-9-18-35-28-14-8-7-13-27(28)33-32(35)26-22-31(36)34(23-26)19-17-24-11-5-4-6-12-24/h3-8,10-16,21,26H,9,17-20,22-23H2,1-2H3/b10-3+. The zero-order valence-electron chi connectivity index (χ0n) is 22.2. The molecule has 0 spiro atoms. The number of imidazole rings is 1. The Hall–Kier alpha value is -4.06. The summed E-state index contributed by atoms with van der Waals surface area (Å²) in [6, 6.07) is 24.5. The van der Waals surface area contributed by atoms with Crippen molar-refractivity contribution in [3.8, 4) is 11.5 Å². The predicted octanol–water partition coefficient (Wildman–Crippen LogP) is 6.11. The van der Waals surface area contributed by atoms with Gasteiger partial charge in [0.1, 0.15) is 5.82 Å². The van der Waals surface area contributed by atoms with Crippen LogP contribution in [0.15, 0.2) is 78.9 Å². The molecule has 2 heterocycles. The van der Waals surface area contributed by atoms with Crippen LogP contribution < -0.4 is 9.47 Å². The topological polar surface area (TPSA) is 56.6 Å². The highest BCUT2D eigenvalue weighted by Gasteiger charge is 2.33. The molecule has 0 saturated carbocycles. The van der Waals surface area contributed by atoms with Gasteiger partial charge in [0.2, 0.25) is 5.91 Å². The fraction of sp³-hybridized carbons (Fsp3) is 0.312. The normalized spacial score (nSPS) is 15.6. The third kappa shape index (κ3) is 5.75. The summed E-state index contributed by atoms with van der Waals surface area (Å²) in [5.74, 6) is 2.77. The molecule has 1 fully saturated rings. The van der Waals surface area contributed by atoms with Crippen LogP contribution >= 0.6 is 0 Å². The number of aryl methyl sites for hydroxylation is 1. The average molecular weight is 510 g/mol. The van der Waals surface area contributed by atoms with Gasteiger partial charge >= 0.3 is 0 Å². The number of amides is 1. The van der Waals surface area contributed by atoms with E-state index < -0.39 is 0 Å². The number of methoxy groups -OCH3 is 1. The molecule has 5 rings (SSSR count). The highest BCUT2D eigenvalue weighted by Crippen LogP contribution is 2.31. The van der Waals surface area contributed by atoms with E-state index in [4.69, 9.17) is 14.5 Å². The molecule has 1 aliphatic rings. The molecule has 3 aromatic carbocycles. The second-order valence-corrected chi connectivity index (χ2v) is 9.70. The van der Waals surface area contributed by atoms with Crippen LogP contribution in [-0.4, -0.2) is 47.2 Å². The molecule has 38 heavy (non-hydrogen) atoms. The largest absolute Gasteiger partial charge is 0.493 e. The van der Waals surface area contributed by atoms with E-state index >= 15 is 0 Å². The smallest absolute Gasteiger partial charge is 0.223 e. The van der Waals surface area contributed by atoms with Crippen LogP contribution in [0, 0.1) is 0 Å². The van der Waals surface area contributed by atoms with Crippen LogP contribution in [-0.2, 0) is 17.8 Å². The van der Waals surface area contributed by atoms with Crippen molar-refractivity contribution >= 4 is 23.0 Å². The maximum Gasteiger partial charge on any atom is 0.223 e. The quantitative estimate of drug-likeness (QED) is 0.229. The molecule has 0 radical (unpaired) electrons. The molecule has 1 unspecified atom stereocenters. The summed E-state index contributed by atoms with van der Waals surface area (Å²) in [5, 5.41) is 0. The Balaban J connectivity index is 1.26. The zero-order chi connectivity index (χ0) is 26.3. The van der Waals surface area contributed by atoms with Gasteiger partial charge in [-0.05, 0) is 55.2 Å². The second kappa shape index (κ2) is 12.0. The van der Waals surface area contributed by atoms with Crippen molar-refractivity contribution in [3.63, 3.8) is 0 Å². The first kappa shape index (κ1) is 25.6. The van der Waals surface area contributed by atoms with Gasteiger partial charge in [-0.15, -0.1) is 0 Å². The van der Waals surface area contributed by atoms with Crippen LogP contribution in [0.5, 0.6) is 11.5 Å². The fourth-order valence-corrected chi connectivity index (χ4v) is 5.22. The lowest BCUT2D eigenvalue weighted by molar-refractivity contribution is -0.127. The van der Waals surface area contributed by atoms with E-state index in [2.05, 4.69) is 22.8 Å². The molecular weight excluding hydrogens is 474 g/mol. The third-order valence-electron chi connectivity index (χ3n) is 7.11. The number of allylic oxidation sites excluding steroid dienone is 1. The second-order valence-electron chi connectivity index (χ2n) is 9.70. The van der Waals surface area contributed by atoms with Crippen molar-refractivity contribution in [2.45, 2.75) is 38.6 Å². The van der Waals surface area contributed by atoms with E-state index in [-0.39, 0.29) is 11.8 Å². The molecule has 0 aliphatic carbocycles. The molecule has 6 nitrogen and oxygen atoms in total. The summed E-state index contributed by atoms with van der Waals surface area (Å²) < 4.78 is 13.9. The Bertz CT molecular complexity index is 1410. The molecule has 4 aromatic rings. The van der Waals surface area contributed by atoms with Gasteiger partial charge in [-0.1, -0.05) is 60.7 Å². The summed E-state index contributed by atoms with van der Waals surface area (Å²) in [6.45, 7) is 4.76. The minimum atomic E-state index is 0.0888. The van der Waals surface area contributed by atoms with Crippen molar-refractivity contribution in [2.75, 3.05) is 26.8 Å². The molecule has 0 N–H and O–H groups in total. The maximum absolute atomic E-state index is 12.9. The van der Waals surface area contributed by atoms with E-state index in [1.165, 1.54) is 5.56 Å². The van der Waals surface area contributed by atoms with Crippen molar-refractivity contribution in [2.24, 2.45) is 0 Å². The summed E-state index contributed by atoms with van der Waals surface area (Å²) in [5.41, 5.74) is 4.41. The third-order valence-corrected chi connectivity index (χ3v) is 7.11. The van der Waals surface area contributed by atoms with E-state index in [0.717, 1.165) is 59.9 Å². The Kier molecular flexibility index (Phi) is 8.07. The zero-order valence-corrected chi connectivity index (χ0v) is 22.2. The number of nitrogens with zero attached hydrogens (tertiary/aromatic N) is 3. The molecule has 1 saturated heterocycles. The monoisotopic (exact) mass is 509 g/mol.